The third-order valence-electron chi connectivity index (χ3n) is 6.92. The fourth-order valence-electron chi connectivity index (χ4n) is 5.12. The average molecular weight is 508 g/mol. The predicted molar refractivity (Wildman–Crippen MR) is 136 cm³/mol. The van der Waals surface area contributed by atoms with Crippen molar-refractivity contribution in [2.45, 2.75) is 18.9 Å². The summed E-state index contributed by atoms with van der Waals surface area (Å²) in [4.78, 5) is 13.7. The predicted octanol–water partition coefficient (Wildman–Crippen LogP) is 2.82. The lowest BCUT2D eigenvalue weighted by Crippen LogP contribution is -2.51. The van der Waals surface area contributed by atoms with E-state index in [9.17, 15) is 12.8 Å². The zero-order valence-electron chi connectivity index (χ0n) is 19.5. The van der Waals surface area contributed by atoms with E-state index in [0.717, 1.165) is 66.7 Å². The number of hydrogen-bond donors (Lipinski definition) is 2. The molecule has 0 unspecified atom stereocenters. The number of thiol groups is 1. The summed E-state index contributed by atoms with van der Waals surface area (Å²) in [6, 6.07) is 16.7. The van der Waals surface area contributed by atoms with Gasteiger partial charge in [0.25, 0.3) is 0 Å². The molecule has 3 aromatic heterocycles. The number of aromatic nitrogens is 4. The summed E-state index contributed by atoms with van der Waals surface area (Å²) in [5.74, 6) is 1.71. The monoisotopic (exact) mass is 507 g/mol. The number of pyridine rings is 1. The van der Waals surface area contributed by atoms with E-state index in [-0.39, 0.29) is 17.8 Å². The minimum absolute atomic E-state index is 0.0766. The summed E-state index contributed by atoms with van der Waals surface area (Å²) in [5.41, 5.74) is 3.23. The number of nitrogens with one attached hydrogen (secondary N) is 1. The number of hydrogen-bond acceptors (Lipinski definition) is 7. The first kappa shape index (κ1) is 22.9. The highest BCUT2D eigenvalue weighted by atomic mass is 32.2. The number of rotatable bonds is 7. The highest BCUT2D eigenvalue weighted by Crippen LogP contribution is 2.36. The normalized spacial score (nSPS) is 18.3. The van der Waals surface area contributed by atoms with Crippen molar-refractivity contribution >= 4 is 28.2 Å². The van der Waals surface area contributed by atoms with Crippen LogP contribution in [0.3, 0.4) is 0 Å². The smallest absolute Gasteiger partial charge is 0.201 e. The zero-order chi connectivity index (χ0) is 24.6. The summed E-state index contributed by atoms with van der Waals surface area (Å²) >= 11 is 0. The molecule has 186 valence electrons. The second-order valence-corrected chi connectivity index (χ2v) is 10.1. The molecule has 11 heteroatoms. The molecule has 6 rings (SSSR count). The van der Waals surface area contributed by atoms with Gasteiger partial charge in [0.2, 0.25) is 10.9 Å². The molecule has 1 atom stereocenters. The van der Waals surface area contributed by atoms with Gasteiger partial charge in [-0.3, -0.25) is 0 Å². The maximum Gasteiger partial charge on any atom is 0.201 e. The standard InChI is InChI=1S/C25H26FN7O2S/c26-19-5-1-4-18(12-19)21-7-3-11-32(21)25-10-9-23-27-14-22(33(23)30-25)20-6-2-8-24(29-20)31-15-17(16-31)13-28-36(34)35/h1-2,4-6,8-10,12,14,17,21,36H,3,7,11,13,15-16H2,(H,28,34,35)/t21-/m1/s1. The SMILES string of the molecule is O=[SH](=O)NCC1CN(c2cccc(-c3cnc4ccc(N5CCC[C@@H]5c5cccc(F)c5)nn34)n2)C1. The first-order valence-corrected chi connectivity index (χ1v) is 13.2. The van der Waals surface area contributed by atoms with Gasteiger partial charge in [0.05, 0.1) is 17.9 Å². The van der Waals surface area contributed by atoms with Crippen molar-refractivity contribution in [3.8, 4) is 11.4 Å². The number of imidazole rings is 1. The van der Waals surface area contributed by atoms with Crippen molar-refractivity contribution in [3.05, 3.63) is 72.2 Å². The van der Waals surface area contributed by atoms with Crippen molar-refractivity contribution in [1.82, 2.24) is 24.3 Å². The largest absolute Gasteiger partial charge is 0.356 e. The topological polar surface area (TPSA) is 95.7 Å². The lowest BCUT2D eigenvalue weighted by atomic mass is 10.0. The Morgan fingerprint density at radius 1 is 1.06 bits per heavy atom. The third kappa shape index (κ3) is 4.40. The fourth-order valence-corrected chi connectivity index (χ4v) is 5.53. The molecule has 36 heavy (non-hydrogen) atoms. The van der Waals surface area contributed by atoms with Gasteiger partial charge >= 0.3 is 0 Å². The second-order valence-electron chi connectivity index (χ2n) is 9.28. The molecule has 5 heterocycles. The van der Waals surface area contributed by atoms with Crippen LogP contribution in [0, 0.1) is 11.7 Å². The van der Waals surface area contributed by atoms with Crippen LogP contribution in [-0.4, -0.2) is 54.2 Å². The Morgan fingerprint density at radius 3 is 2.75 bits per heavy atom. The molecule has 4 aromatic rings. The Hall–Kier alpha value is -3.57. The number of halogens is 1. The number of benzene rings is 1. The lowest BCUT2D eigenvalue weighted by Gasteiger charge is -2.40. The third-order valence-corrected chi connectivity index (χ3v) is 7.36. The Kier molecular flexibility index (Phi) is 6.02. The summed E-state index contributed by atoms with van der Waals surface area (Å²) < 4.78 is 39.7. The lowest BCUT2D eigenvalue weighted by molar-refractivity contribution is 0.405. The molecule has 2 aliphatic heterocycles. The van der Waals surface area contributed by atoms with Crippen molar-refractivity contribution < 1.29 is 12.8 Å². The molecule has 2 aliphatic rings. The van der Waals surface area contributed by atoms with Crippen LogP contribution in [0.4, 0.5) is 16.0 Å². The highest BCUT2D eigenvalue weighted by Gasteiger charge is 2.29. The van der Waals surface area contributed by atoms with Crippen LogP contribution in [0.15, 0.2) is 60.8 Å². The molecule has 0 amide bonds. The van der Waals surface area contributed by atoms with Gasteiger partial charge in [-0.1, -0.05) is 18.2 Å². The van der Waals surface area contributed by atoms with E-state index in [1.54, 1.807) is 18.3 Å². The molecule has 0 bridgehead atoms. The molecule has 0 spiro atoms. The minimum Gasteiger partial charge on any atom is -0.356 e. The van der Waals surface area contributed by atoms with Gasteiger partial charge in [0, 0.05) is 32.1 Å². The van der Waals surface area contributed by atoms with E-state index in [1.807, 2.05) is 40.9 Å². The van der Waals surface area contributed by atoms with E-state index in [1.165, 1.54) is 6.07 Å². The second kappa shape index (κ2) is 9.47. The zero-order valence-corrected chi connectivity index (χ0v) is 20.4. The van der Waals surface area contributed by atoms with Crippen molar-refractivity contribution in [2.24, 2.45) is 5.92 Å². The summed E-state index contributed by atoms with van der Waals surface area (Å²) in [5, 5.41) is 4.92. The molecule has 2 saturated heterocycles. The van der Waals surface area contributed by atoms with Gasteiger partial charge in [0.1, 0.15) is 23.1 Å². The minimum atomic E-state index is -2.57. The van der Waals surface area contributed by atoms with Gasteiger partial charge in [-0.2, -0.15) is 0 Å². The first-order chi connectivity index (χ1) is 17.5. The Bertz CT molecular complexity index is 1480. The van der Waals surface area contributed by atoms with E-state index >= 15 is 0 Å². The van der Waals surface area contributed by atoms with E-state index in [4.69, 9.17) is 10.1 Å². The van der Waals surface area contributed by atoms with Gasteiger partial charge < -0.3 is 9.80 Å². The molecule has 0 radical (unpaired) electrons. The van der Waals surface area contributed by atoms with Crippen molar-refractivity contribution in [1.29, 1.82) is 0 Å². The maximum absolute atomic E-state index is 13.9. The first-order valence-electron chi connectivity index (χ1n) is 12.0. The van der Waals surface area contributed by atoms with E-state index in [0.29, 0.717) is 6.54 Å². The molecule has 1 N–H and O–H groups in total. The molecule has 1 aromatic carbocycles. The van der Waals surface area contributed by atoms with Crippen LogP contribution >= 0.6 is 0 Å². The summed E-state index contributed by atoms with van der Waals surface area (Å²) in [7, 11) is -2.57. The highest BCUT2D eigenvalue weighted by molar-refractivity contribution is 7.70. The molecular weight excluding hydrogens is 481 g/mol. The van der Waals surface area contributed by atoms with Crippen LogP contribution in [-0.2, 0) is 10.9 Å². The Morgan fingerprint density at radius 2 is 1.92 bits per heavy atom. The van der Waals surface area contributed by atoms with Gasteiger partial charge in [-0.05, 0) is 54.8 Å². The quantitative estimate of drug-likeness (QED) is 0.372. The molecule has 2 fully saturated rings. The van der Waals surface area contributed by atoms with Crippen molar-refractivity contribution in [2.75, 3.05) is 36.0 Å². The Labute approximate surface area is 209 Å². The summed E-state index contributed by atoms with van der Waals surface area (Å²) in [6.45, 7) is 2.79. The van der Waals surface area contributed by atoms with E-state index < -0.39 is 10.9 Å². The van der Waals surface area contributed by atoms with Gasteiger partial charge in [-0.15, -0.1) is 5.10 Å². The fraction of sp³-hybridized carbons (Fsp3) is 0.320. The molecule has 9 nitrogen and oxygen atoms in total. The van der Waals surface area contributed by atoms with Crippen LogP contribution in [0.25, 0.3) is 17.0 Å². The van der Waals surface area contributed by atoms with Crippen molar-refractivity contribution in [3.63, 3.8) is 0 Å². The Balaban J connectivity index is 1.26. The molecule has 0 aliphatic carbocycles. The van der Waals surface area contributed by atoms with Crippen LogP contribution < -0.4 is 14.5 Å². The number of nitrogens with zero attached hydrogens (tertiary/aromatic N) is 6. The van der Waals surface area contributed by atoms with Crippen LogP contribution in [0.2, 0.25) is 0 Å². The number of fused-ring (bicyclic) bond motifs is 1. The van der Waals surface area contributed by atoms with Crippen LogP contribution in [0.1, 0.15) is 24.4 Å². The van der Waals surface area contributed by atoms with Gasteiger partial charge in [-0.25, -0.2) is 32.0 Å². The average Bonchev–Trinajstić information content (AvgIpc) is 3.50. The van der Waals surface area contributed by atoms with Gasteiger partial charge in [0.15, 0.2) is 5.65 Å². The molecular formula is C25H26FN7O2S. The van der Waals surface area contributed by atoms with Crippen LogP contribution in [0.5, 0.6) is 0 Å². The number of anilines is 2. The maximum atomic E-state index is 13.9. The van der Waals surface area contributed by atoms with E-state index in [2.05, 4.69) is 19.5 Å². The summed E-state index contributed by atoms with van der Waals surface area (Å²) in [6.07, 6.45) is 3.74. The molecule has 0 saturated carbocycles.